The van der Waals surface area contributed by atoms with E-state index in [-0.39, 0.29) is 18.2 Å². The Morgan fingerprint density at radius 3 is 2.41 bits per heavy atom. The molecule has 1 aliphatic heterocycles. The summed E-state index contributed by atoms with van der Waals surface area (Å²) < 4.78 is 0. The summed E-state index contributed by atoms with van der Waals surface area (Å²) in [4.78, 5) is 28.2. The number of amides is 2. The van der Waals surface area contributed by atoms with Crippen molar-refractivity contribution >= 4 is 34.8 Å². The molecule has 0 saturated carbocycles. The van der Waals surface area contributed by atoms with Gasteiger partial charge in [-0.2, -0.15) is 5.26 Å². The molecular weight excluding hydrogens is 364 g/mol. The van der Waals surface area contributed by atoms with Crippen LogP contribution in [0.25, 0.3) is 0 Å². The maximum absolute atomic E-state index is 12.7. The lowest BCUT2D eigenvalue weighted by Crippen LogP contribution is -2.48. The molecule has 138 valence electrons. The summed E-state index contributed by atoms with van der Waals surface area (Å²) in [5.74, 6) is -0.399. The molecule has 7 heteroatoms. The van der Waals surface area contributed by atoms with E-state index in [1.807, 2.05) is 29.2 Å². The van der Waals surface area contributed by atoms with Crippen molar-refractivity contribution in [1.82, 2.24) is 4.90 Å². The van der Waals surface area contributed by atoms with Crippen LogP contribution in [0.2, 0.25) is 5.02 Å². The molecule has 1 fully saturated rings. The molecule has 0 radical (unpaired) electrons. The summed E-state index contributed by atoms with van der Waals surface area (Å²) in [6.07, 6.45) is -0.197. The highest BCUT2D eigenvalue weighted by Gasteiger charge is 2.22. The molecule has 6 nitrogen and oxygen atoms in total. The van der Waals surface area contributed by atoms with Crippen LogP contribution in [0.1, 0.15) is 16.8 Å². The van der Waals surface area contributed by atoms with Crippen molar-refractivity contribution < 1.29 is 9.59 Å². The van der Waals surface area contributed by atoms with Crippen LogP contribution < -0.4 is 10.2 Å². The molecule has 0 aromatic heterocycles. The van der Waals surface area contributed by atoms with E-state index in [1.165, 1.54) is 0 Å². The third kappa shape index (κ3) is 4.78. The van der Waals surface area contributed by atoms with Gasteiger partial charge in [0.2, 0.25) is 5.91 Å². The van der Waals surface area contributed by atoms with Crippen molar-refractivity contribution in [3.63, 3.8) is 0 Å². The van der Waals surface area contributed by atoms with Crippen molar-refractivity contribution in [2.45, 2.75) is 6.42 Å². The number of halogens is 1. The van der Waals surface area contributed by atoms with Gasteiger partial charge in [0, 0.05) is 48.1 Å². The maximum Gasteiger partial charge on any atom is 0.253 e. The van der Waals surface area contributed by atoms with Crippen LogP contribution in [-0.2, 0) is 4.79 Å². The summed E-state index contributed by atoms with van der Waals surface area (Å²) in [7, 11) is 0. The number of nitrogens with one attached hydrogen (secondary N) is 1. The molecule has 2 aromatic carbocycles. The first-order valence-electron chi connectivity index (χ1n) is 8.63. The number of benzene rings is 2. The van der Waals surface area contributed by atoms with Crippen LogP contribution in [0, 0.1) is 11.3 Å². The highest BCUT2D eigenvalue weighted by Crippen LogP contribution is 2.21. The Hall–Kier alpha value is -3.04. The van der Waals surface area contributed by atoms with E-state index in [1.54, 1.807) is 30.3 Å². The molecule has 0 unspecified atom stereocenters. The number of carbonyl (C=O) groups is 2. The second-order valence-electron chi connectivity index (χ2n) is 6.22. The van der Waals surface area contributed by atoms with Gasteiger partial charge in [-0.15, -0.1) is 0 Å². The Balaban J connectivity index is 1.57. The van der Waals surface area contributed by atoms with Crippen LogP contribution in [0.5, 0.6) is 0 Å². The van der Waals surface area contributed by atoms with Crippen molar-refractivity contribution in [3.8, 4) is 6.07 Å². The fourth-order valence-corrected chi connectivity index (χ4v) is 3.18. The van der Waals surface area contributed by atoms with E-state index < -0.39 is 0 Å². The molecule has 0 bridgehead atoms. The fourth-order valence-electron chi connectivity index (χ4n) is 3.00. The minimum absolute atomic E-state index is 0.0318. The second kappa shape index (κ2) is 8.56. The maximum atomic E-state index is 12.7. The van der Waals surface area contributed by atoms with Crippen molar-refractivity contribution in [2.24, 2.45) is 0 Å². The summed E-state index contributed by atoms with van der Waals surface area (Å²) in [5.41, 5.74) is 2.20. The van der Waals surface area contributed by atoms with Gasteiger partial charge in [-0.05, 0) is 42.5 Å². The average Bonchev–Trinajstić information content (AvgIpc) is 2.68. The number of nitriles is 1. The molecule has 27 heavy (non-hydrogen) atoms. The number of anilines is 2. The zero-order valence-corrected chi connectivity index (χ0v) is 15.4. The Labute approximate surface area is 162 Å². The van der Waals surface area contributed by atoms with Crippen molar-refractivity contribution in [2.75, 3.05) is 36.4 Å². The summed E-state index contributed by atoms with van der Waals surface area (Å²) in [5, 5.41) is 11.8. The van der Waals surface area contributed by atoms with Crippen molar-refractivity contribution in [3.05, 3.63) is 59.1 Å². The topological polar surface area (TPSA) is 76.4 Å². The molecule has 3 rings (SSSR count). The molecule has 1 N–H and O–H groups in total. The summed E-state index contributed by atoms with van der Waals surface area (Å²) in [6, 6.07) is 16.2. The fraction of sp³-hybridized carbons (Fsp3) is 0.250. The lowest BCUT2D eigenvalue weighted by atomic mass is 10.1. The smallest absolute Gasteiger partial charge is 0.253 e. The van der Waals surface area contributed by atoms with Gasteiger partial charge in [0.05, 0.1) is 6.07 Å². The quantitative estimate of drug-likeness (QED) is 0.881. The van der Waals surface area contributed by atoms with Crippen LogP contribution >= 0.6 is 11.6 Å². The minimum atomic E-state index is -0.367. The molecule has 0 atom stereocenters. The molecular formula is C20H19ClN4O2. The Kier molecular flexibility index (Phi) is 5.94. The molecule has 1 aliphatic rings. The predicted molar refractivity (Wildman–Crippen MR) is 105 cm³/mol. The van der Waals surface area contributed by atoms with Gasteiger partial charge in [0.15, 0.2) is 0 Å². The summed E-state index contributed by atoms with van der Waals surface area (Å²) >= 11 is 6.05. The monoisotopic (exact) mass is 382 g/mol. The molecule has 0 aliphatic carbocycles. The number of hydrogen-bond acceptors (Lipinski definition) is 4. The third-order valence-electron chi connectivity index (χ3n) is 4.40. The SMILES string of the molecule is N#CCC(=O)Nc1ccc(C(=O)N2CCN(c3cccc(Cl)c3)CC2)cc1. The molecule has 0 spiro atoms. The van der Waals surface area contributed by atoms with Crippen LogP contribution in [-0.4, -0.2) is 42.9 Å². The number of hydrogen-bond donors (Lipinski definition) is 1. The van der Waals surface area contributed by atoms with Gasteiger partial charge in [0.25, 0.3) is 5.91 Å². The largest absolute Gasteiger partial charge is 0.368 e. The van der Waals surface area contributed by atoms with Crippen LogP contribution in [0.15, 0.2) is 48.5 Å². The van der Waals surface area contributed by atoms with Gasteiger partial charge in [0.1, 0.15) is 6.42 Å². The molecule has 2 amide bonds. The van der Waals surface area contributed by atoms with E-state index in [0.717, 1.165) is 18.8 Å². The van der Waals surface area contributed by atoms with Crippen molar-refractivity contribution in [1.29, 1.82) is 5.26 Å². The highest BCUT2D eigenvalue weighted by molar-refractivity contribution is 6.30. The van der Waals surface area contributed by atoms with E-state index in [4.69, 9.17) is 16.9 Å². The second-order valence-corrected chi connectivity index (χ2v) is 6.66. The van der Waals surface area contributed by atoms with Gasteiger partial charge >= 0.3 is 0 Å². The van der Waals surface area contributed by atoms with Gasteiger partial charge in [-0.3, -0.25) is 9.59 Å². The summed E-state index contributed by atoms with van der Waals surface area (Å²) in [6.45, 7) is 2.75. The van der Waals surface area contributed by atoms with Gasteiger partial charge in [-0.25, -0.2) is 0 Å². The molecule has 1 saturated heterocycles. The van der Waals surface area contributed by atoms with Crippen LogP contribution in [0.3, 0.4) is 0 Å². The Bertz CT molecular complexity index is 868. The predicted octanol–water partition coefficient (Wildman–Crippen LogP) is 3.15. The van der Waals surface area contributed by atoms with Gasteiger partial charge in [-0.1, -0.05) is 17.7 Å². The van der Waals surface area contributed by atoms with E-state index in [9.17, 15) is 9.59 Å². The van der Waals surface area contributed by atoms with E-state index in [0.29, 0.717) is 29.4 Å². The first-order chi connectivity index (χ1) is 13.1. The first kappa shape index (κ1) is 18.7. The lowest BCUT2D eigenvalue weighted by molar-refractivity contribution is -0.115. The number of carbonyl (C=O) groups excluding carboxylic acids is 2. The highest BCUT2D eigenvalue weighted by atomic mass is 35.5. The molecule has 1 heterocycles. The van der Waals surface area contributed by atoms with Gasteiger partial charge < -0.3 is 15.1 Å². The third-order valence-corrected chi connectivity index (χ3v) is 4.63. The standard InChI is InChI=1S/C20H19ClN4O2/c21-16-2-1-3-18(14-16)24-10-12-25(13-11-24)20(27)15-4-6-17(7-5-15)23-19(26)8-9-22/h1-7,14H,8,10-13H2,(H,23,26). The van der Waals surface area contributed by atoms with E-state index in [2.05, 4.69) is 10.2 Å². The average molecular weight is 383 g/mol. The molecule has 2 aromatic rings. The number of piperazine rings is 1. The minimum Gasteiger partial charge on any atom is -0.368 e. The van der Waals surface area contributed by atoms with E-state index >= 15 is 0 Å². The zero-order valence-electron chi connectivity index (χ0n) is 14.7. The Morgan fingerprint density at radius 1 is 1.07 bits per heavy atom. The number of nitrogens with zero attached hydrogens (tertiary/aromatic N) is 3. The Morgan fingerprint density at radius 2 is 1.78 bits per heavy atom. The van der Waals surface area contributed by atoms with Crippen LogP contribution in [0.4, 0.5) is 11.4 Å². The lowest BCUT2D eigenvalue weighted by Gasteiger charge is -2.36. The number of rotatable bonds is 4. The first-order valence-corrected chi connectivity index (χ1v) is 9.01. The normalized spacial score (nSPS) is 13.8. The zero-order chi connectivity index (χ0) is 19.2.